The number of carbonyl (C=O) groups is 4. The van der Waals surface area contributed by atoms with Crippen LogP contribution in [0.25, 0.3) is 21.6 Å². The predicted molar refractivity (Wildman–Crippen MR) is 258 cm³/mol. The molecular formula is C49H63F2IN11O7S-. The minimum Gasteiger partial charge on any atom is -0.0577 e. The molecule has 2 aromatic carbocycles. The molecule has 0 aliphatic carbocycles. The van der Waals surface area contributed by atoms with Crippen LogP contribution in [0.3, 0.4) is 0 Å². The minimum absolute atomic E-state index is 0.0233. The number of aryl methyl sites for hydroxylation is 2. The molecule has 3 unspecified atom stereocenters. The van der Waals surface area contributed by atoms with Gasteiger partial charge >= 0.3 is 243 Å². The molecule has 0 radical (unpaired) electrons. The van der Waals surface area contributed by atoms with Crippen LogP contribution in [0, 0.1) is 12.3 Å². The van der Waals surface area contributed by atoms with Crippen LogP contribution in [0.4, 0.5) is 19.3 Å². The summed E-state index contributed by atoms with van der Waals surface area (Å²) in [6.45, 7) is 10.1. The maximum atomic E-state index is 15.0. The van der Waals surface area contributed by atoms with Crippen LogP contribution in [0.1, 0.15) is 81.7 Å². The van der Waals surface area contributed by atoms with Crippen molar-refractivity contribution >= 4 is 40.8 Å². The monoisotopic (exact) mass is 1110 g/mol. The third kappa shape index (κ3) is 12.6. The van der Waals surface area contributed by atoms with E-state index in [2.05, 4.69) is 34.5 Å². The zero-order valence-electron chi connectivity index (χ0n) is 40.6. The van der Waals surface area contributed by atoms with Gasteiger partial charge in [0.05, 0.1) is 22.2 Å². The summed E-state index contributed by atoms with van der Waals surface area (Å²) in [5, 5.41) is 40.0. The molecule has 22 heteroatoms. The van der Waals surface area contributed by atoms with E-state index in [4.69, 9.17) is 4.74 Å². The van der Waals surface area contributed by atoms with Gasteiger partial charge in [-0.15, -0.1) is 11.3 Å². The number of nitrogens with one attached hydrogen (secondary N) is 4. The number of hydrazine groups is 1. The molecule has 4 amide bonds. The standard InChI is InChI=1S/C49H63F2IN11O7S/c1-29-43(71-28-55-29)31-10-8-30(9-11-31)22-53-46(66)41-20-35(64)26-61(41)47(67)44(49(2,3)4)58-42(65)24-54-48(68)63-25-33(23-56-63)36-19-32-7-6-15-62(40(32)21-37(36)45(50)51)52-38-27-60(59(5)69)16-12-39(38)57-34-13-17-70-18-14-34/h8-11,19,21,23,25,28,34-35,41,44-45,57,64,69H,6-7,12-18,20,22,24,26-27H2,1-5H3,(H,53,66)(H,54,68)(H,58,65)/q-1. The largest absolute Gasteiger partial charge is 0.0577 e. The summed E-state index contributed by atoms with van der Waals surface area (Å²) in [7, 11) is 1.60. The second-order valence-electron chi connectivity index (χ2n) is 19.5. The van der Waals surface area contributed by atoms with Gasteiger partial charge in [-0.05, 0) is 23.5 Å². The number of carbonyl (C=O) groups excluding carboxylic acids is 4. The average molecular weight is 1120 g/mol. The molecule has 2 fully saturated rings. The number of ether oxygens (including phenoxy) is 1. The second-order valence-corrected chi connectivity index (χ2v) is 23.3. The number of hydroxylamine groups is 1. The first kappa shape index (κ1) is 52.2. The van der Waals surface area contributed by atoms with Crippen molar-refractivity contribution in [3.63, 3.8) is 0 Å². The Morgan fingerprint density at radius 2 is 1.80 bits per heavy atom. The Bertz CT molecular complexity index is 2600. The number of aliphatic hydroxyl groups is 1. The molecular weight excluding hydrogens is 1050 g/mol. The summed E-state index contributed by atoms with van der Waals surface area (Å²) in [5.41, 5.74) is 6.97. The van der Waals surface area contributed by atoms with Crippen molar-refractivity contribution in [2.45, 2.75) is 103 Å². The van der Waals surface area contributed by atoms with Gasteiger partial charge in [0.1, 0.15) is 12.1 Å². The van der Waals surface area contributed by atoms with Gasteiger partial charge in [0.15, 0.2) is 0 Å². The normalized spacial score (nSPS) is 19.6. The summed E-state index contributed by atoms with van der Waals surface area (Å²) < 4.78 is 39.9. The Labute approximate surface area is 426 Å². The molecule has 71 heavy (non-hydrogen) atoms. The number of likely N-dealkylation sites (tertiary alicyclic amines) is 1. The number of nitrogens with zero attached hydrogens (tertiary/aromatic N) is 7. The Morgan fingerprint density at radius 3 is 2.49 bits per heavy atom. The summed E-state index contributed by atoms with van der Waals surface area (Å²) in [4.78, 5) is 61.2. The maximum absolute atomic E-state index is 15.0. The van der Waals surface area contributed by atoms with Crippen molar-refractivity contribution in [2.24, 2.45) is 5.41 Å². The molecule has 6 heterocycles. The van der Waals surface area contributed by atoms with Crippen molar-refractivity contribution < 1.29 is 64.5 Å². The van der Waals surface area contributed by atoms with Crippen molar-refractivity contribution in [1.29, 1.82) is 0 Å². The van der Waals surface area contributed by atoms with Crippen LogP contribution in [-0.4, -0.2) is 141 Å². The number of fused-ring (bicyclic) bond motifs is 1. The van der Waals surface area contributed by atoms with Crippen molar-refractivity contribution in [1.82, 2.24) is 51.1 Å². The van der Waals surface area contributed by atoms with E-state index in [1.54, 1.807) is 56.8 Å². The number of aliphatic hydroxyl groups excluding tert-OH is 1. The van der Waals surface area contributed by atoms with Crippen molar-refractivity contribution in [2.75, 3.05) is 56.1 Å². The van der Waals surface area contributed by atoms with Crippen molar-refractivity contribution in [3.05, 3.63) is 86.0 Å². The molecule has 0 bridgehead atoms. The number of halogens is 3. The number of alkyl halides is 2. The van der Waals surface area contributed by atoms with E-state index in [1.807, 2.05) is 36.2 Å². The SMILES string of the molecule is Cc1ncsc1-c1ccc(CNC(=O)C2CC(O)CN2C(=O)C(NC(=O)CNC(=O)n2cc(-c3cc4c(cc3C(F)F)N([I-]C3=C(NC5CCOCC5)CCN(N(C)O)C3)CCC4)cn2)C(C)(C)C)cc1. The third-order valence-electron chi connectivity index (χ3n) is 13.2. The number of hydrogen-bond donors (Lipinski definition) is 6. The zero-order valence-corrected chi connectivity index (χ0v) is 43.6. The van der Waals surface area contributed by atoms with E-state index >= 15 is 0 Å². The van der Waals surface area contributed by atoms with Crippen LogP contribution in [-0.2, 0) is 32.1 Å². The van der Waals surface area contributed by atoms with Crippen LogP contribution in [0.5, 0.6) is 0 Å². The summed E-state index contributed by atoms with van der Waals surface area (Å²) >= 11 is 0.711. The van der Waals surface area contributed by atoms with Crippen molar-refractivity contribution in [3.8, 4) is 21.6 Å². The van der Waals surface area contributed by atoms with Gasteiger partial charge in [0.25, 0.3) is 0 Å². The molecule has 0 spiro atoms. The number of thiazole rings is 1. The van der Waals surface area contributed by atoms with Gasteiger partial charge in [-0.25, -0.2) is 4.98 Å². The Morgan fingerprint density at radius 1 is 1.04 bits per heavy atom. The van der Waals surface area contributed by atoms with Gasteiger partial charge in [-0.3, -0.25) is 14.4 Å². The predicted octanol–water partition coefficient (Wildman–Crippen LogP) is 1.96. The number of β-amino-alcohol motifs (C(OH)–C–C–N with tert-alkyl or cyclic N) is 1. The number of anilines is 1. The minimum atomic E-state index is -2.83. The molecule has 8 rings (SSSR count). The fourth-order valence-corrected chi connectivity index (χ4v) is 13.4. The molecule has 6 N–H and O–H groups in total. The summed E-state index contributed by atoms with van der Waals surface area (Å²) in [6, 6.07) is 8.47. The maximum Gasteiger partial charge on any atom is -0.00884 e. The van der Waals surface area contributed by atoms with Crippen LogP contribution < -0.4 is 45.9 Å². The first-order chi connectivity index (χ1) is 33.9. The van der Waals surface area contributed by atoms with Gasteiger partial charge < -0.3 is 20.6 Å². The zero-order chi connectivity index (χ0) is 50.6. The third-order valence-corrected chi connectivity index (χ3v) is 17.4. The number of rotatable bonds is 15. The first-order valence-corrected chi connectivity index (χ1v) is 26.9. The average Bonchev–Trinajstić information content (AvgIpc) is 4.12. The first-order valence-electron chi connectivity index (χ1n) is 23.9. The Balaban J connectivity index is 0.897. The Hall–Kier alpha value is -5.11. The van der Waals surface area contributed by atoms with E-state index in [0.717, 1.165) is 68.5 Å². The van der Waals surface area contributed by atoms with Crippen LogP contribution in [0.15, 0.2) is 63.6 Å². The van der Waals surface area contributed by atoms with E-state index in [9.17, 15) is 38.3 Å². The molecule has 2 aromatic heterocycles. The smallest absolute Gasteiger partial charge is 0.00884 e. The van der Waals surface area contributed by atoms with Gasteiger partial charge in [-0.1, -0.05) is 45.0 Å². The molecule has 18 nitrogen and oxygen atoms in total. The summed E-state index contributed by atoms with van der Waals surface area (Å²) in [5.74, 6) is -1.68. The van der Waals surface area contributed by atoms with Gasteiger partial charge in [-0.2, -0.15) is 0 Å². The van der Waals surface area contributed by atoms with Crippen LogP contribution in [0.2, 0.25) is 0 Å². The van der Waals surface area contributed by atoms with E-state index in [1.165, 1.54) is 26.6 Å². The molecule has 0 saturated carbocycles. The molecule has 2 saturated heterocycles. The topological polar surface area (TPSA) is 210 Å². The van der Waals surface area contributed by atoms with Gasteiger partial charge in [0.2, 0.25) is 11.8 Å². The molecule has 384 valence electrons. The molecule has 3 atom stereocenters. The molecule has 4 aromatic rings. The van der Waals surface area contributed by atoms with Crippen LogP contribution >= 0.6 is 11.3 Å². The second kappa shape index (κ2) is 22.8. The summed E-state index contributed by atoms with van der Waals surface area (Å²) in [6.07, 6.45) is 2.98. The fourth-order valence-electron chi connectivity index (χ4n) is 9.32. The number of benzene rings is 2. The number of amides is 4. The van der Waals surface area contributed by atoms with E-state index in [0.29, 0.717) is 50.9 Å². The Kier molecular flexibility index (Phi) is 16.7. The fraction of sp³-hybridized carbons (Fsp3) is 0.510. The quantitative estimate of drug-likeness (QED) is 0.0573. The number of aromatic nitrogens is 3. The molecule has 4 aliphatic heterocycles. The van der Waals surface area contributed by atoms with Gasteiger partial charge in [0, 0.05) is 19.5 Å². The molecule has 4 aliphatic rings. The van der Waals surface area contributed by atoms with E-state index in [-0.39, 0.29) is 30.6 Å². The van der Waals surface area contributed by atoms with E-state index < -0.39 is 81.8 Å². The number of hydrogen-bond acceptors (Lipinski definition) is 14.